The summed E-state index contributed by atoms with van der Waals surface area (Å²) in [7, 11) is 1.67. The van der Waals surface area contributed by atoms with E-state index in [1.165, 1.54) is 6.92 Å². The molecular weight excluding hydrogens is 442 g/mol. The maximum atomic E-state index is 13.7. The molecule has 3 atom stereocenters. The van der Waals surface area contributed by atoms with Gasteiger partial charge in [-0.15, -0.1) is 0 Å². The molecule has 0 unspecified atom stereocenters. The molecule has 1 aromatic rings. The molecule has 35 heavy (non-hydrogen) atoms. The molecule has 7 nitrogen and oxygen atoms in total. The summed E-state index contributed by atoms with van der Waals surface area (Å²) in [5, 5.41) is 15.7. The molecule has 0 aromatic heterocycles. The molecule has 0 heterocycles. The number of carboxylic acids is 1. The fourth-order valence-electron chi connectivity index (χ4n) is 4.22. The minimum atomic E-state index is -1.02. The van der Waals surface area contributed by atoms with E-state index in [4.69, 9.17) is 0 Å². The van der Waals surface area contributed by atoms with Crippen molar-refractivity contribution in [2.75, 3.05) is 13.6 Å². The zero-order valence-corrected chi connectivity index (χ0v) is 23.1. The number of carboxylic acid groups (broad SMARTS) is 1. The van der Waals surface area contributed by atoms with Gasteiger partial charge in [-0.05, 0) is 30.4 Å². The van der Waals surface area contributed by atoms with Gasteiger partial charge in [0.1, 0.15) is 6.04 Å². The van der Waals surface area contributed by atoms with Crippen LogP contribution in [0.25, 0.3) is 0 Å². The van der Waals surface area contributed by atoms with Crippen molar-refractivity contribution in [2.45, 2.75) is 85.9 Å². The Morgan fingerprint density at radius 2 is 1.57 bits per heavy atom. The Bertz CT molecular complexity index is 901. The third-order valence-electron chi connectivity index (χ3n) is 6.55. The fraction of sp³-hybridized carbons (Fsp3) is 0.607. The van der Waals surface area contributed by atoms with Crippen molar-refractivity contribution < 1.29 is 19.5 Å². The SMILES string of the molecule is CCN[C@H](C(=O)N[C@H](C(=O)N(C)[C@H](/C=C(\C)C(=O)O)C(C)C)C(C)(C)C)C(C)(C)c1ccccc1. The number of nitrogens with one attached hydrogen (secondary N) is 2. The van der Waals surface area contributed by atoms with Gasteiger partial charge in [0.2, 0.25) is 11.8 Å². The van der Waals surface area contributed by atoms with Gasteiger partial charge in [-0.1, -0.05) is 91.8 Å². The van der Waals surface area contributed by atoms with Crippen molar-refractivity contribution in [3.63, 3.8) is 0 Å². The second kappa shape index (κ2) is 12.3. The van der Waals surface area contributed by atoms with E-state index in [0.717, 1.165) is 5.56 Å². The summed E-state index contributed by atoms with van der Waals surface area (Å²) in [5.74, 6) is -1.54. The second-order valence-electron chi connectivity index (χ2n) is 11.2. The van der Waals surface area contributed by atoms with Gasteiger partial charge in [-0.2, -0.15) is 0 Å². The molecule has 0 saturated carbocycles. The highest BCUT2D eigenvalue weighted by molar-refractivity contribution is 5.91. The minimum Gasteiger partial charge on any atom is -0.478 e. The number of nitrogens with zero attached hydrogens (tertiary/aromatic N) is 1. The average Bonchev–Trinajstić information content (AvgIpc) is 2.77. The summed E-state index contributed by atoms with van der Waals surface area (Å²) in [4.78, 5) is 40.4. The van der Waals surface area contributed by atoms with Crippen LogP contribution in [-0.2, 0) is 19.8 Å². The number of rotatable bonds is 11. The van der Waals surface area contributed by atoms with Crippen LogP contribution in [0, 0.1) is 11.3 Å². The summed E-state index contributed by atoms with van der Waals surface area (Å²) >= 11 is 0. The van der Waals surface area contributed by atoms with Crippen molar-refractivity contribution in [3.8, 4) is 0 Å². The van der Waals surface area contributed by atoms with Crippen LogP contribution in [0.15, 0.2) is 42.0 Å². The predicted octanol–water partition coefficient (Wildman–Crippen LogP) is 3.99. The lowest BCUT2D eigenvalue weighted by atomic mass is 9.76. The van der Waals surface area contributed by atoms with Crippen molar-refractivity contribution in [1.82, 2.24) is 15.5 Å². The van der Waals surface area contributed by atoms with E-state index in [2.05, 4.69) is 10.6 Å². The Morgan fingerprint density at radius 3 is 2.00 bits per heavy atom. The third kappa shape index (κ3) is 7.92. The van der Waals surface area contributed by atoms with Crippen LogP contribution < -0.4 is 10.6 Å². The Kier molecular flexibility index (Phi) is 10.7. The zero-order valence-electron chi connectivity index (χ0n) is 23.1. The molecule has 0 fully saturated rings. The smallest absolute Gasteiger partial charge is 0.331 e. The van der Waals surface area contributed by atoms with Gasteiger partial charge in [0, 0.05) is 18.0 Å². The lowest BCUT2D eigenvalue weighted by Gasteiger charge is -2.40. The van der Waals surface area contributed by atoms with Gasteiger partial charge < -0.3 is 20.6 Å². The van der Waals surface area contributed by atoms with Gasteiger partial charge in [0.15, 0.2) is 0 Å². The summed E-state index contributed by atoms with van der Waals surface area (Å²) in [6.45, 7) is 17.7. The van der Waals surface area contributed by atoms with E-state index in [1.54, 1.807) is 18.0 Å². The Balaban J connectivity index is 3.33. The first-order chi connectivity index (χ1) is 16.0. The van der Waals surface area contributed by atoms with E-state index >= 15 is 0 Å². The molecule has 0 radical (unpaired) electrons. The number of likely N-dealkylation sites (N-methyl/N-ethyl adjacent to an activating group) is 2. The van der Waals surface area contributed by atoms with E-state index < -0.39 is 34.9 Å². The predicted molar refractivity (Wildman–Crippen MR) is 141 cm³/mol. The first kappa shape index (κ1) is 30.4. The molecule has 2 amide bonds. The van der Waals surface area contributed by atoms with Crippen LogP contribution in [0.3, 0.4) is 0 Å². The van der Waals surface area contributed by atoms with Crippen molar-refractivity contribution >= 4 is 17.8 Å². The number of hydrogen-bond acceptors (Lipinski definition) is 4. The fourth-order valence-corrected chi connectivity index (χ4v) is 4.22. The molecule has 196 valence electrons. The summed E-state index contributed by atoms with van der Waals surface area (Å²) in [6, 6.07) is 8.06. The lowest BCUT2D eigenvalue weighted by molar-refractivity contribution is -0.141. The Labute approximate surface area is 211 Å². The maximum Gasteiger partial charge on any atom is 0.331 e. The maximum absolute atomic E-state index is 13.7. The molecular formula is C28H45N3O4. The van der Waals surface area contributed by atoms with Gasteiger partial charge in [-0.25, -0.2) is 4.79 Å². The van der Waals surface area contributed by atoms with Crippen LogP contribution in [0.2, 0.25) is 0 Å². The van der Waals surface area contributed by atoms with E-state index in [0.29, 0.717) is 6.54 Å². The monoisotopic (exact) mass is 487 g/mol. The van der Waals surface area contributed by atoms with Crippen molar-refractivity contribution in [3.05, 3.63) is 47.5 Å². The molecule has 0 aliphatic carbocycles. The Morgan fingerprint density at radius 1 is 1.03 bits per heavy atom. The topological polar surface area (TPSA) is 98.7 Å². The molecule has 7 heteroatoms. The largest absolute Gasteiger partial charge is 0.478 e. The zero-order chi connectivity index (χ0) is 27.1. The summed E-state index contributed by atoms with van der Waals surface area (Å²) in [6.07, 6.45) is 1.60. The van der Waals surface area contributed by atoms with Crippen LogP contribution in [0.5, 0.6) is 0 Å². The highest BCUT2D eigenvalue weighted by atomic mass is 16.4. The van der Waals surface area contributed by atoms with Gasteiger partial charge >= 0.3 is 5.97 Å². The van der Waals surface area contributed by atoms with Crippen LogP contribution in [0.1, 0.15) is 67.9 Å². The van der Waals surface area contributed by atoms with Crippen LogP contribution in [0.4, 0.5) is 0 Å². The van der Waals surface area contributed by atoms with E-state index in [-0.39, 0.29) is 23.3 Å². The van der Waals surface area contributed by atoms with Crippen LogP contribution in [-0.4, -0.2) is 59.5 Å². The highest BCUT2D eigenvalue weighted by Crippen LogP contribution is 2.29. The molecule has 0 aliphatic heterocycles. The number of aliphatic carboxylic acids is 1. The molecule has 1 aromatic carbocycles. The quantitative estimate of drug-likeness (QED) is 0.410. The molecule has 0 saturated heterocycles. The number of amides is 2. The number of carbonyl (C=O) groups is 3. The number of benzene rings is 1. The van der Waals surface area contributed by atoms with Gasteiger partial charge in [0.25, 0.3) is 0 Å². The second-order valence-corrected chi connectivity index (χ2v) is 11.2. The van der Waals surface area contributed by atoms with Gasteiger partial charge in [0.05, 0.1) is 12.1 Å². The molecule has 0 aliphatic rings. The lowest BCUT2D eigenvalue weighted by Crippen LogP contribution is -2.62. The minimum absolute atomic E-state index is 0.0129. The van der Waals surface area contributed by atoms with Gasteiger partial charge in [-0.3, -0.25) is 9.59 Å². The normalized spacial score (nSPS) is 15.3. The standard InChI is InChI=1S/C28H45N3O4/c1-11-29-22(28(8,9)20-15-13-12-14-16-20)24(32)30-23(27(5,6)7)25(33)31(10)21(18(2)3)17-19(4)26(34)35/h12-18,21-23,29H,11H2,1-10H3,(H,30,32)(H,34,35)/b19-17+/t21-,22-,23-/m1/s1. The van der Waals surface area contributed by atoms with Crippen LogP contribution >= 0.6 is 0 Å². The van der Waals surface area contributed by atoms with Crippen molar-refractivity contribution in [2.24, 2.45) is 11.3 Å². The molecule has 3 N–H and O–H groups in total. The van der Waals surface area contributed by atoms with E-state index in [9.17, 15) is 19.5 Å². The number of hydrogen-bond donors (Lipinski definition) is 3. The van der Waals surface area contributed by atoms with E-state index in [1.807, 2.05) is 85.7 Å². The summed E-state index contributed by atoms with van der Waals surface area (Å²) < 4.78 is 0. The Hall–Kier alpha value is -2.67. The van der Waals surface area contributed by atoms with Crippen molar-refractivity contribution in [1.29, 1.82) is 0 Å². The highest BCUT2D eigenvalue weighted by Gasteiger charge is 2.41. The number of carbonyl (C=O) groups excluding carboxylic acids is 2. The first-order valence-electron chi connectivity index (χ1n) is 12.3. The first-order valence-corrected chi connectivity index (χ1v) is 12.3. The molecule has 0 spiro atoms. The molecule has 1 rings (SSSR count). The molecule has 0 bridgehead atoms. The average molecular weight is 488 g/mol. The third-order valence-corrected chi connectivity index (χ3v) is 6.55. The summed E-state index contributed by atoms with van der Waals surface area (Å²) in [5.41, 5.74) is 0.102.